The molecule has 1 aromatic rings. The Balaban J connectivity index is 1.95. The van der Waals surface area contributed by atoms with Gasteiger partial charge in [-0.15, -0.1) is 0 Å². The summed E-state index contributed by atoms with van der Waals surface area (Å²) in [6, 6.07) is -0.237. The van der Waals surface area contributed by atoms with Crippen molar-refractivity contribution in [1.82, 2.24) is 20.2 Å². The van der Waals surface area contributed by atoms with E-state index >= 15 is 0 Å². The summed E-state index contributed by atoms with van der Waals surface area (Å²) in [5.41, 5.74) is 0.347. The first-order valence-corrected chi connectivity index (χ1v) is 6.50. The van der Waals surface area contributed by atoms with Gasteiger partial charge in [-0.25, -0.2) is 9.97 Å². The SMILES string of the molecule is COC(=O)[C@@H]1C[C@H](NC(=O)c2cnc(OC)nc2)CN1C. The van der Waals surface area contributed by atoms with Crippen LogP contribution in [0, 0.1) is 0 Å². The van der Waals surface area contributed by atoms with Gasteiger partial charge in [0.15, 0.2) is 0 Å². The lowest BCUT2D eigenvalue weighted by Crippen LogP contribution is -2.36. The molecule has 1 saturated heterocycles. The first kappa shape index (κ1) is 15.2. The lowest BCUT2D eigenvalue weighted by molar-refractivity contribution is -0.145. The van der Waals surface area contributed by atoms with Gasteiger partial charge in [-0.3, -0.25) is 14.5 Å². The van der Waals surface area contributed by atoms with Crippen molar-refractivity contribution in [2.24, 2.45) is 0 Å². The number of ether oxygens (including phenoxy) is 2. The zero-order valence-electron chi connectivity index (χ0n) is 12.2. The zero-order chi connectivity index (χ0) is 15.4. The van der Waals surface area contributed by atoms with Crippen molar-refractivity contribution in [3.05, 3.63) is 18.0 Å². The van der Waals surface area contributed by atoms with E-state index in [9.17, 15) is 9.59 Å². The number of carbonyl (C=O) groups is 2. The normalized spacial score (nSPS) is 21.9. The van der Waals surface area contributed by atoms with Crippen molar-refractivity contribution in [1.29, 1.82) is 0 Å². The zero-order valence-corrected chi connectivity index (χ0v) is 12.2. The number of nitrogens with one attached hydrogen (secondary N) is 1. The van der Waals surface area contributed by atoms with Crippen LogP contribution in [-0.2, 0) is 9.53 Å². The van der Waals surface area contributed by atoms with Gasteiger partial charge in [-0.05, 0) is 13.5 Å². The van der Waals surface area contributed by atoms with E-state index in [1.807, 2.05) is 11.9 Å². The Hall–Kier alpha value is -2.22. The molecule has 0 aliphatic carbocycles. The number of methoxy groups -OCH3 is 2. The van der Waals surface area contributed by atoms with Crippen LogP contribution in [0.25, 0.3) is 0 Å². The minimum Gasteiger partial charge on any atom is -0.468 e. The molecule has 1 fully saturated rings. The molecule has 21 heavy (non-hydrogen) atoms. The Morgan fingerprint density at radius 3 is 2.57 bits per heavy atom. The molecule has 1 aromatic heterocycles. The second-order valence-electron chi connectivity index (χ2n) is 4.84. The Morgan fingerprint density at radius 1 is 1.33 bits per heavy atom. The average molecular weight is 294 g/mol. The molecule has 0 bridgehead atoms. The molecule has 2 atom stereocenters. The third-order valence-electron chi connectivity index (χ3n) is 3.43. The van der Waals surface area contributed by atoms with E-state index in [0.29, 0.717) is 18.5 Å². The maximum Gasteiger partial charge on any atom is 0.323 e. The number of nitrogens with zero attached hydrogens (tertiary/aromatic N) is 3. The van der Waals surface area contributed by atoms with Gasteiger partial charge in [0.05, 0.1) is 19.8 Å². The van der Waals surface area contributed by atoms with Crippen LogP contribution in [0.3, 0.4) is 0 Å². The lowest BCUT2D eigenvalue weighted by Gasteiger charge is -2.15. The molecule has 1 N–H and O–H groups in total. The fraction of sp³-hybridized carbons (Fsp3) is 0.538. The van der Waals surface area contributed by atoms with Crippen LogP contribution in [0.1, 0.15) is 16.8 Å². The standard InChI is InChI=1S/C13H18N4O4/c1-17-7-9(4-10(17)12(19)20-2)16-11(18)8-5-14-13(21-3)15-6-8/h5-6,9-10H,4,7H2,1-3H3,(H,16,18)/t9-,10-/m0/s1. The molecule has 0 unspecified atom stereocenters. The molecule has 114 valence electrons. The molecular weight excluding hydrogens is 276 g/mol. The van der Waals surface area contributed by atoms with Crippen LogP contribution in [0.15, 0.2) is 12.4 Å². The number of esters is 1. The Bertz CT molecular complexity index is 519. The monoisotopic (exact) mass is 294 g/mol. The van der Waals surface area contributed by atoms with Gasteiger partial charge >= 0.3 is 12.0 Å². The molecular formula is C13H18N4O4. The third kappa shape index (κ3) is 3.46. The summed E-state index contributed by atoms with van der Waals surface area (Å²) in [4.78, 5) is 33.3. The number of carbonyl (C=O) groups excluding carboxylic acids is 2. The summed E-state index contributed by atoms with van der Waals surface area (Å²) in [6.45, 7) is 0.586. The first-order chi connectivity index (χ1) is 10.0. The van der Waals surface area contributed by atoms with Gasteiger partial charge in [-0.1, -0.05) is 0 Å². The van der Waals surface area contributed by atoms with Gasteiger partial charge in [0.1, 0.15) is 6.04 Å². The van der Waals surface area contributed by atoms with E-state index in [1.54, 1.807) is 0 Å². The van der Waals surface area contributed by atoms with E-state index in [4.69, 9.17) is 9.47 Å². The quantitative estimate of drug-likeness (QED) is 0.745. The summed E-state index contributed by atoms with van der Waals surface area (Å²) in [5.74, 6) is -0.566. The van der Waals surface area contributed by atoms with Crippen molar-refractivity contribution in [3.63, 3.8) is 0 Å². The van der Waals surface area contributed by atoms with E-state index in [0.717, 1.165) is 0 Å². The highest BCUT2D eigenvalue weighted by Gasteiger charge is 2.35. The highest BCUT2D eigenvalue weighted by Crippen LogP contribution is 2.17. The second-order valence-corrected chi connectivity index (χ2v) is 4.84. The molecule has 0 saturated carbocycles. The summed E-state index contributed by atoms with van der Waals surface area (Å²) < 4.78 is 9.58. The second kappa shape index (κ2) is 6.49. The van der Waals surface area contributed by atoms with Gasteiger partial charge in [0.2, 0.25) is 0 Å². The topological polar surface area (TPSA) is 93.6 Å². The van der Waals surface area contributed by atoms with Crippen molar-refractivity contribution in [3.8, 4) is 6.01 Å². The van der Waals surface area contributed by atoms with Crippen molar-refractivity contribution in [2.45, 2.75) is 18.5 Å². The minimum atomic E-state index is -0.326. The number of likely N-dealkylation sites (tertiary alicyclic amines) is 1. The summed E-state index contributed by atoms with van der Waals surface area (Å²) >= 11 is 0. The van der Waals surface area contributed by atoms with Crippen LogP contribution < -0.4 is 10.1 Å². The molecule has 2 heterocycles. The lowest BCUT2D eigenvalue weighted by atomic mass is 10.1. The van der Waals surface area contributed by atoms with E-state index in [1.165, 1.54) is 26.6 Å². The average Bonchev–Trinajstić information content (AvgIpc) is 2.87. The van der Waals surface area contributed by atoms with Gasteiger partial charge in [0, 0.05) is 25.0 Å². The van der Waals surface area contributed by atoms with Crippen LogP contribution in [-0.4, -0.2) is 66.6 Å². The predicted octanol–water partition coefficient (Wildman–Crippen LogP) is -0.539. The van der Waals surface area contributed by atoms with Crippen LogP contribution in [0.4, 0.5) is 0 Å². The molecule has 0 radical (unpaired) electrons. The number of amides is 1. The van der Waals surface area contributed by atoms with E-state index < -0.39 is 0 Å². The molecule has 8 heteroatoms. The van der Waals surface area contributed by atoms with Gasteiger partial charge in [-0.2, -0.15) is 0 Å². The van der Waals surface area contributed by atoms with Crippen molar-refractivity contribution < 1.29 is 19.1 Å². The summed E-state index contributed by atoms with van der Waals surface area (Å²) in [5, 5.41) is 2.86. The minimum absolute atomic E-state index is 0.117. The first-order valence-electron chi connectivity index (χ1n) is 6.50. The Kier molecular flexibility index (Phi) is 4.69. The van der Waals surface area contributed by atoms with Crippen LogP contribution in [0.5, 0.6) is 6.01 Å². The van der Waals surface area contributed by atoms with Crippen LogP contribution >= 0.6 is 0 Å². The summed E-state index contributed by atoms with van der Waals surface area (Å²) in [6.07, 6.45) is 3.32. The Morgan fingerprint density at radius 2 is 2.00 bits per heavy atom. The molecule has 0 spiro atoms. The molecule has 1 aliphatic rings. The maximum atomic E-state index is 12.1. The molecule has 0 aromatic carbocycles. The number of hydrogen-bond donors (Lipinski definition) is 1. The van der Waals surface area contributed by atoms with Gasteiger partial charge in [0.25, 0.3) is 5.91 Å². The smallest absolute Gasteiger partial charge is 0.323 e. The van der Waals surface area contributed by atoms with Crippen molar-refractivity contribution >= 4 is 11.9 Å². The maximum absolute atomic E-state index is 12.1. The largest absolute Gasteiger partial charge is 0.468 e. The van der Waals surface area contributed by atoms with E-state index in [2.05, 4.69) is 15.3 Å². The van der Waals surface area contributed by atoms with Crippen LogP contribution in [0.2, 0.25) is 0 Å². The highest BCUT2D eigenvalue weighted by atomic mass is 16.5. The Labute approximate surface area is 122 Å². The number of hydrogen-bond acceptors (Lipinski definition) is 7. The summed E-state index contributed by atoms with van der Waals surface area (Å²) in [7, 11) is 4.64. The highest BCUT2D eigenvalue weighted by molar-refractivity contribution is 5.93. The number of aromatic nitrogens is 2. The third-order valence-corrected chi connectivity index (χ3v) is 3.43. The predicted molar refractivity (Wildman–Crippen MR) is 72.9 cm³/mol. The molecule has 1 aliphatic heterocycles. The number of likely N-dealkylation sites (N-methyl/N-ethyl adjacent to an activating group) is 1. The molecule has 1 amide bonds. The fourth-order valence-corrected chi connectivity index (χ4v) is 2.32. The molecule has 2 rings (SSSR count). The fourth-order valence-electron chi connectivity index (χ4n) is 2.32. The van der Waals surface area contributed by atoms with E-state index in [-0.39, 0.29) is 30.0 Å². The molecule has 8 nitrogen and oxygen atoms in total. The van der Waals surface area contributed by atoms with Gasteiger partial charge < -0.3 is 14.8 Å². The number of rotatable bonds is 4. The van der Waals surface area contributed by atoms with Crippen molar-refractivity contribution in [2.75, 3.05) is 27.8 Å².